The van der Waals surface area contributed by atoms with Gasteiger partial charge in [-0.15, -0.1) is 0 Å². The molecule has 0 fully saturated rings. The van der Waals surface area contributed by atoms with Crippen LogP contribution in [0.15, 0.2) is 42.6 Å². The van der Waals surface area contributed by atoms with Gasteiger partial charge in [0, 0.05) is 18.3 Å². The van der Waals surface area contributed by atoms with E-state index in [4.69, 9.17) is 0 Å². The molecule has 2 heterocycles. The lowest BCUT2D eigenvalue weighted by atomic mass is 10.1. The molecular weight excluding hydrogens is 298 g/mol. The minimum atomic E-state index is -0.0267. The van der Waals surface area contributed by atoms with E-state index < -0.39 is 0 Å². The molecule has 1 N–H and O–H groups in total. The normalized spacial score (nSPS) is 16.3. The minimum absolute atomic E-state index is 0.0267. The van der Waals surface area contributed by atoms with E-state index in [1.165, 1.54) is 5.56 Å². The first-order chi connectivity index (χ1) is 11.6. The standard InChI is InChI=1S/C20H25N3O/c1-14(2)10-11-21-17-8-9-18(22-13-17)20(24)23-15(3)12-16-6-4-5-7-19(16)23/h4-9,13-15,21H,10-12H2,1-3H3. The molecule has 1 unspecified atom stereocenters. The fourth-order valence-electron chi connectivity index (χ4n) is 3.13. The zero-order chi connectivity index (χ0) is 17.1. The summed E-state index contributed by atoms with van der Waals surface area (Å²) in [4.78, 5) is 19.1. The van der Waals surface area contributed by atoms with Gasteiger partial charge in [-0.1, -0.05) is 32.0 Å². The smallest absolute Gasteiger partial charge is 0.277 e. The van der Waals surface area contributed by atoms with Gasteiger partial charge in [0.2, 0.25) is 0 Å². The number of hydrogen-bond donors (Lipinski definition) is 1. The molecule has 1 atom stereocenters. The van der Waals surface area contributed by atoms with Crippen molar-refractivity contribution >= 4 is 17.3 Å². The molecule has 1 amide bonds. The Hall–Kier alpha value is -2.36. The summed E-state index contributed by atoms with van der Waals surface area (Å²) in [5.74, 6) is 0.643. The number of hydrogen-bond acceptors (Lipinski definition) is 3. The molecule has 0 radical (unpaired) electrons. The fraction of sp³-hybridized carbons (Fsp3) is 0.400. The van der Waals surface area contributed by atoms with Crippen molar-refractivity contribution in [2.45, 2.75) is 39.7 Å². The van der Waals surface area contributed by atoms with Gasteiger partial charge in [0.25, 0.3) is 5.91 Å². The molecule has 0 saturated heterocycles. The second-order valence-electron chi connectivity index (χ2n) is 6.90. The third-order valence-corrected chi connectivity index (χ3v) is 4.46. The molecule has 4 heteroatoms. The number of nitrogens with zero attached hydrogens (tertiary/aromatic N) is 2. The Kier molecular flexibility index (Phi) is 4.84. The number of carbonyl (C=O) groups is 1. The lowest BCUT2D eigenvalue weighted by molar-refractivity contribution is 0.0976. The highest BCUT2D eigenvalue weighted by Crippen LogP contribution is 2.32. The summed E-state index contributed by atoms with van der Waals surface area (Å²) >= 11 is 0. The van der Waals surface area contributed by atoms with Gasteiger partial charge in [-0.05, 0) is 49.4 Å². The van der Waals surface area contributed by atoms with E-state index >= 15 is 0 Å². The average molecular weight is 323 g/mol. The second kappa shape index (κ2) is 7.04. The topological polar surface area (TPSA) is 45.2 Å². The summed E-state index contributed by atoms with van der Waals surface area (Å²) in [6.45, 7) is 7.41. The van der Waals surface area contributed by atoms with Crippen LogP contribution in [0.3, 0.4) is 0 Å². The molecule has 24 heavy (non-hydrogen) atoms. The monoisotopic (exact) mass is 323 g/mol. The van der Waals surface area contributed by atoms with Gasteiger partial charge in [-0.3, -0.25) is 4.79 Å². The van der Waals surface area contributed by atoms with Crippen molar-refractivity contribution in [1.29, 1.82) is 0 Å². The van der Waals surface area contributed by atoms with Crippen LogP contribution in [0.25, 0.3) is 0 Å². The molecule has 0 bridgehead atoms. The number of nitrogens with one attached hydrogen (secondary N) is 1. The van der Waals surface area contributed by atoms with Crippen LogP contribution in [0, 0.1) is 5.92 Å². The summed E-state index contributed by atoms with van der Waals surface area (Å²) in [6.07, 6.45) is 3.76. The Bertz CT molecular complexity index is 709. The van der Waals surface area contributed by atoms with E-state index in [1.54, 1.807) is 6.20 Å². The van der Waals surface area contributed by atoms with Crippen LogP contribution in [-0.4, -0.2) is 23.5 Å². The average Bonchev–Trinajstić information content (AvgIpc) is 2.90. The van der Waals surface area contributed by atoms with Crippen LogP contribution in [0.4, 0.5) is 11.4 Å². The molecule has 0 spiro atoms. The lowest BCUT2D eigenvalue weighted by Crippen LogP contribution is -2.36. The fourth-order valence-corrected chi connectivity index (χ4v) is 3.13. The Morgan fingerprint density at radius 3 is 2.79 bits per heavy atom. The molecule has 1 aromatic heterocycles. The van der Waals surface area contributed by atoms with Crippen LogP contribution in [0.1, 0.15) is 43.2 Å². The number of benzene rings is 1. The highest BCUT2D eigenvalue weighted by molar-refractivity contribution is 6.06. The number of rotatable bonds is 5. The number of amides is 1. The molecule has 0 saturated carbocycles. The first kappa shape index (κ1) is 16.5. The van der Waals surface area contributed by atoms with Crippen molar-refractivity contribution in [3.05, 3.63) is 53.9 Å². The highest BCUT2D eigenvalue weighted by atomic mass is 16.2. The Labute approximate surface area is 143 Å². The van der Waals surface area contributed by atoms with E-state index in [2.05, 4.69) is 37.1 Å². The van der Waals surface area contributed by atoms with Crippen LogP contribution >= 0.6 is 0 Å². The van der Waals surface area contributed by atoms with Crippen molar-refractivity contribution in [1.82, 2.24) is 4.98 Å². The van der Waals surface area contributed by atoms with Crippen LogP contribution < -0.4 is 10.2 Å². The van der Waals surface area contributed by atoms with Gasteiger partial charge in [0.1, 0.15) is 5.69 Å². The van der Waals surface area contributed by atoms with Crippen LogP contribution in [0.5, 0.6) is 0 Å². The van der Waals surface area contributed by atoms with Crippen molar-refractivity contribution in [2.75, 3.05) is 16.8 Å². The maximum absolute atomic E-state index is 12.9. The maximum atomic E-state index is 12.9. The van der Waals surface area contributed by atoms with Crippen LogP contribution in [0.2, 0.25) is 0 Å². The Balaban J connectivity index is 1.71. The number of pyridine rings is 1. The SMILES string of the molecule is CC(C)CCNc1ccc(C(=O)N2c3ccccc3CC2C)nc1. The van der Waals surface area contributed by atoms with Gasteiger partial charge < -0.3 is 10.2 Å². The van der Waals surface area contributed by atoms with Crippen LogP contribution in [-0.2, 0) is 6.42 Å². The first-order valence-electron chi connectivity index (χ1n) is 8.67. The van der Waals surface area contributed by atoms with Crippen molar-refractivity contribution in [3.63, 3.8) is 0 Å². The minimum Gasteiger partial charge on any atom is -0.384 e. The van der Waals surface area contributed by atoms with Gasteiger partial charge in [-0.2, -0.15) is 0 Å². The quantitative estimate of drug-likeness (QED) is 0.900. The van der Waals surface area contributed by atoms with Gasteiger partial charge in [0.15, 0.2) is 0 Å². The van der Waals surface area contributed by atoms with E-state index in [1.807, 2.05) is 35.2 Å². The summed E-state index contributed by atoms with van der Waals surface area (Å²) in [5.41, 5.74) is 3.69. The largest absolute Gasteiger partial charge is 0.384 e. The van der Waals surface area contributed by atoms with Gasteiger partial charge >= 0.3 is 0 Å². The van der Waals surface area contributed by atoms with Gasteiger partial charge in [-0.25, -0.2) is 4.98 Å². The summed E-state index contributed by atoms with van der Waals surface area (Å²) in [6, 6.07) is 12.0. The summed E-state index contributed by atoms with van der Waals surface area (Å²) < 4.78 is 0. The van der Waals surface area contributed by atoms with E-state index in [0.29, 0.717) is 11.6 Å². The zero-order valence-corrected chi connectivity index (χ0v) is 14.6. The number of aromatic nitrogens is 1. The van der Waals surface area contributed by atoms with Crippen molar-refractivity contribution < 1.29 is 4.79 Å². The molecule has 0 aliphatic carbocycles. The summed E-state index contributed by atoms with van der Waals surface area (Å²) in [7, 11) is 0. The third-order valence-electron chi connectivity index (χ3n) is 4.46. The second-order valence-corrected chi connectivity index (χ2v) is 6.90. The number of fused-ring (bicyclic) bond motifs is 1. The molecule has 126 valence electrons. The van der Waals surface area contributed by atoms with Gasteiger partial charge in [0.05, 0.1) is 11.9 Å². The van der Waals surface area contributed by atoms with E-state index in [-0.39, 0.29) is 11.9 Å². The van der Waals surface area contributed by atoms with Crippen molar-refractivity contribution in [2.24, 2.45) is 5.92 Å². The predicted octanol–water partition coefficient (Wildman–Crippen LogP) is 4.13. The molecular formula is C20H25N3O. The van der Waals surface area contributed by atoms with E-state index in [9.17, 15) is 4.79 Å². The predicted molar refractivity (Wildman–Crippen MR) is 98.6 cm³/mol. The lowest BCUT2D eigenvalue weighted by Gasteiger charge is -2.22. The molecule has 1 aliphatic rings. The van der Waals surface area contributed by atoms with E-state index in [0.717, 1.165) is 30.8 Å². The molecule has 4 nitrogen and oxygen atoms in total. The molecule has 1 aliphatic heterocycles. The Morgan fingerprint density at radius 1 is 1.29 bits per heavy atom. The molecule has 2 aromatic rings. The number of para-hydroxylation sites is 1. The number of anilines is 2. The third kappa shape index (κ3) is 3.42. The highest BCUT2D eigenvalue weighted by Gasteiger charge is 2.31. The zero-order valence-electron chi connectivity index (χ0n) is 14.6. The van der Waals surface area contributed by atoms with Crippen molar-refractivity contribution in [3.8, 4) is 0 Å². The molecule has 3 rings (SSSR count). The molecule has 1 aromatic carbocycles. The number of carbonyl (C=O) groups excluding carboxylic acids is 1. The Morgan fingerprint density at radius 2 is 2.08 bits per heavy atom. The summed E-state index contributed by atoms with van der Waals surface area (Å²) in [5, 5.41) is 3.35. The first-order valence-corrected chi connectivity index (χ1v) is 8.67. The maximum Gasteiger partial charge on any atom is 0.277 e.